The van der Waals surface area contributed by atoms with Crippen LogP contribution in [0.3, 0.4) is 0 Å². The van der Waals surface area contributed by atoms with Crippen molar-refractivity contribution in [1.29, 1.82) is 0 Å². The molecule has 0 radical (unpaired) electrons. The Balaban J connectivity index is 2.92. The fourth-order valence-electron chi connectivity index (χ4n) is 0.819. The van der Waals surface area contributed by atoms with Gasteiger partial charge in [-0.3, -0.25) is 0 Å². The predicted molar refractivity (Wildman–Crippen MR) is 49.5 cm³/mol. The van der Waals surface area contributed by atoms with E-state index in [4.69, 9.17) is 4.42 Å². The van der Waals surface area contributed by atoms with E-state index in [1.165, 1.54) is 0 Å². The molecular formula is C9H16N2O. The van der Waals surface area contributed by atoms with Crippen LogP contribution in [-0.4, -0.2) is 19.1 Å². The highest BCUT2D eigenvalue weighted by Gasteiger charge is 2.20. The molecule has 0 aromatic carbocycles. The molecule has 68 valence electrons. The minimum Gasteiger partial charge on any atom is -0.425 e. The first kappa shape index (κ1) is 9.10. The summed E-state index contributed by atoms with van der Waals surface area (Å²) in [5.41, 5.74) is -0.00569. The lowest BCUT2D eigenvalue weighted by molar-refractivity contribution is 0.395. The maximum atomic E-state index is 5.52. The summed E-state index contributed by atoms with van der Waals surface area (Å²) < 4.78 is 5.52. The van der Waals surface area contributed by atoms with Gasteiger partial charge in [-0.25, -0.2) is 4.98 Å². The third-order valence-electron chi connectivity index (χ3n) is 1.58. The van der Waals surface area contributed by atoms with E-state index in [0.717, 1.165) is 11.8 Å². The van der Waals surface area contributed by atoms with Crippen LogP contribution in [0, 0.1) is 0 Å². The van der Waals surface area contributed by atoms with Crippen LogP contribution in [-0.2, 0) is 5.41 Å². The van der Waals surface area contributed by atoms with E-state index in [9.17, 15) is 0 Å². The second-order valence-corrected chi connectivity index (χ2v) is 4.15. The molecule has 0 atom stereocenters. The van der Waals surface area contributed by atoms with Crippen LogP contribution < -0.4 is 4.90 Å². The van der Waals surface area contributed by atoms with Crippen molar-refractivity contribution in [3.63, 3.8) is 0 Å². The fraction of sp³-hybridized carbons (Fsp3) is 0.667. The predicted octanol–water partition coefficient (Wildman–Crippen LogP) is 2.04. The highest BCUT2D eigenvalue weighted by atomic mass is 16.4. The average molecular weight is 168 g/mol. The van der Waals surface area contributed by atoms with Crippen molar-refractivity contribution in [2.75, 3.05) is 19.0 Å². The third-order valence-corrected chi connectivity index (χ3v) is 1.58. The van der Waals surface area contributed by atoms with Crippen LogP contribution >= 0.6 is 0 Å². The summed E-state index contributed by atoms with van der Waals surface area (Å²) in [6.07, 6.45) is 1.75. The van der Waals surface area contributed by atoms with Gasteiger partial charge in [-0.2, -0.15) is 0 Å². The van der Waals surface area contributed by atoms with Crippen LogP contribution in [0.1, 0.15) is 26.7 Å². The summed E-state index contributed by atoms with van der Waals surface area (Å²) >= 11 is 0. The van der Waals surface area contributed by atoms with E-state index in [0.29, 0.717) is 0 Å². The Kier molecular flexibility index (Phi) is 2.13. The fourth-order valence-corrected chi connectivity index (χ4v) is 0.819. The van der Waals surface area contributed by atoms with Gasteiger partial charge in [0, 0.05) is 19.5 Å². The molecule has 0 unspecified atom stereocenters. The monoisotopic (exact) mass is 168 g/mol. The van der Waals surface area contributed by atoms with Gasteiger partial charge in [-0.15, -0.1) is 0 Å². The van der Waals surface area contributed by atoms with Gasteiger partial charge in [0.25, 0.3) is 0 Å². The van der Waals surface area contributed by atoms with Crippen molar-refractivity contribution < 1.29 is 4.42 Å². The zero-order valence-electron chi connectivity index (χ0n) is 8.38. The lowest BCUT2D eigenvalue weighted by atomic mass is 9.97. The van der Waals surface area contributed by atoms with Crippen LogP contribution in [0.25, 0.3) is 0 Å². The van der Waals surface area contributed by atoms with Gasteiger partial charge < -0.3 is 9.32 Å². The van der Waals surface area contributed by atoms with Crippen LogP contribution in [0.15, 0.2) is 10.6 Å². The van der Waals surface area contributed by atoms with Gasteiger partial charge in [-0.05, 0) is 0 Å². The molecule has 0 aliphatic carbocycles. The summed E-state index contributed by atoms with van der Waals surface area (Å²) in [5, 5.41) is 0. The zero-order chi connectivity index (χ0) is 9.35. The van der Waals surface area contributed by atoms with E-state index in [2.05, 4.69) is 25.8 Å². The molecule has 0 saturated heterocycles. The molecule has 0 amide bonds. The molecule has 0 bridgehead atoms. The van der Waals surface area contributed by atoms with E-state index < -0.39 is 0 Å². The zero-order valence-corrected chi connectivity index (χ0v) is 8.38. The highest BCUT2D eigenvalue weighted by Crippen LogP contribution is 2.24. The molecule has 0 saturated carbocycles. The number of oxazole rings is 1. The Bertz CT molecular complexity index is 258. The minimum absolute atomic E-state index is 0.00569. The van der Waals surface area contributed by atoms with Crippen LogP contribution in [0.4, 0.5) is 5.88 Å². The number of aromatic nitrogens is 1. The quantitative estimate of drug-likeness (QED) is 0.642. The lowest BCUT2D eigenvalue weighted by Gasteiger charge is -2.13. The topological polar surface area (TPSA) is 29.3 Å². The van der Waals surface area contributed by atoms with Gasteiger partial charge >= 0.3 is 0 Å². The molecular weight excluding hydrogens is 152 g/mol. The maximum absolute atomic E-state index is 5.52. The van der Waals surface area contributed by atoms with Crippen molar-refractivity contribution in [1.82, 2.24) is 4.98 Å². The number of nitrogens with zero attached hydrogens (tertiary/aromatic N) is 2. The Hall–Kier alpha value is -0.990. The van der Waals surface area contributed by atoms with E-state index in [1.54, 1.807) is 6.20 Å². The van der Waals surface area contributed by atoms with Crippen molar-refractivity contribution in [3.05, 3.63) is 12.1 Å². The number of anilines is 1. The van der Waals surface area contributed by atoms with Gasteiger partial charge in [0.2, 0.25) is 11.8 Å². The Morgan fingerprint density at radius 3 is 2.17 bits per heavy atom. The summed E-state index contributed by atoms with van der Waals surface area (Å²) in [5.74, 6) is 1.59. The molecule has 0 N–H and O–H groups in total. The van der Waals surface area contributed by atoms with Crippen molar-refractivity contribution in [3.8, 4) is 0 Å². The third kappa shape index (κ3) is 1.78. The second-order valence-electron chi connectivity index (χ2n) is 4.15. The molecule has 1 rings (SSSR count). The molecule has 1 heterocycles. The molecule has 0 fully saturated rings. The van der Waals surface area contributed by atoms with Crippen molar-refractivity contribution in [2.45, 2.75) is 26.2 Å². The maximum Gasteiger partial charge on any atom is 0.215 e. The molecule has 3 heteroatoms. The Labute approximate surface area is 73.4 Å². The van der Waals surface area contributed by atoms with E-state index in [-0.39, 0.29) is 5.41 Å². The standard InChI is InChI=1S/C9H16N2O/c1-9(2,3)8-10-6-7(12-8)11(4)5/h6H,1-5H3. The Morgan fingerprint density at radius 1 is 1.33 bits per heavy atom. The van der Waals surface area contributed by atoms with Crippen molar-refractivity contribution >= 4 is 5.88 Å². The SMILES string of the molecule is CN(C)c1cnc(C(C)(C)C)o1. The first-order chi connectivity index (χ1) is 5.41. The van der Waals surface area contributed by atoms with Gasteiger partial charge in [0.05, 0.1) is 6.20 Å². The molecule has 3 nitrogen and oxygen atoms in total. The van der Waals surface area contributed by atoms with Crippen molar-refractivity contribution in [2.24, 2.45) is 0 Å². The van der Waals surface area contributed by atoms with E-state index >= 15 is 0 Å². The van der Waals surface area contributed by atoms with Crippen LogP contribution in [0.5, 0.6) is 0 Å². The normalized spacial score (nSPS) is 11.8. The number of rotatable bonds is 1. The summed E-state index contributed by atoms with van der Waals surface area (Å²) in [7, 11) is 3.87. The number of hydrogen-bond donors (Lipinski definition) is 0. The van der Waals surface area contributed by atoms with Gasteiger partial charge in [0.1, 0.15) is 0 Å². The lowest BCUT2D eigenvalue weighted by Crippen LogP contribution is -2.11. The molecule has 0 aliphatic rings. The van der Waals surface area contributed by atoms with Crippen LogP contribution in [0.2, 0.25) is 0 Å². The molecule has 1 aromatic rings. The van der Waals surface area contributed by atoms with Gasteiger partial charge in [-0.1, -0.05) is 20.8 Å². The van der Waals surface area contributed by atoms with E-state index in [1.807, 2.05) is 19.0 Å². The summed E-state index contributed by atoms with van der Waals surface area (Å²) in [6.45, 7) is 6.24. The largest absolute Gasteiger partial charge is 0.425 e. The first-order valence-electron chi connectivity index (χ1n) is 4.05. The smallest absolute Gasteiger partial charge is 0.215 e. The first-order valence-corrected chi connectivity index (χ1v) is 4.05. The Morgan fingerprint density at radius 2 is 1.92 bits per heavy atom. The minimum atomic E-state index is -0.00569. The summed E-state index contributed by atoms with van der Waals surface area (Å²) in [6, 6.07) is 0. The molecule has 1 aromatic heterocycles. The van der Waals surface area contributed by atoms with Gasteiger partial charge in [0.15, 0.2) is 0 Å². The molecule has 0 aliphatic heterocycles. The second kappa shape index (κ2) is 2.81. The number of hydrogen-bond acceptors (Lipinski definition) is 3. The highest BCUT2D eigenvalue weighted by molar-refractivity contribution is 5.30. The molecule has 0 spiro atoms. The average Bonchev–Trinajstić information content (AvgIpc) is 2.30. The summed E-state index contributed by atoms with van der Waals surface area (Å²) in [4.78, 5) is 6.11. The molecule has 12 heavy (non-hydrogen) atoms.